The van der Waals surface area contributed by atoms with Gasteiger partial charge in [-0.2, -0.15) is 0 Å². The van der Waals surface area contributed by atoms with Crippen LogP contribution in [0.3, 0.4) is 0 Å². The van der Waals surface area contributed by atoms with Crippen molar-refractivity contribution in [3.8, 4) is 0 Å². The lowest BCUT2D eigenvalue weighted by Crippen LogP contribution is -2.49. The molecule has 4 rings (SSSR count). The van der Waals surface area contributed by atoms with Crippen LogP contribution in [0, 0.1) is 0 Å². The highest BCUT2D eigenvalue weighted by atomic mass is 16.3. The third-order valence-electron chi connectivity index (χ3n) is 5.97. The van der Waals surface area contributed by atoms with Crippen LogP contribution in [0.4, 0.5) is 5.82 Å². The number of furan rings is 1. The monoisotopic (exact) mass is 396 g/mol. The standard InChI is InChI=1S/C22H28N4O3/c1-2-18-6-3-4-10-26(18)21(27)17-8-9-23-20(16-17)24-11-13-25(14-12-24)22(28)19-7-5-15-29-19/h5,7-9,15-16,18H,2-4,6,10-14H2,1H3. The lowest BCUT2D eigenvalue weighted by atomic mass is 9.99. The van der Waals surface area contributed by atoms with Crippen molar-refractivity contribution in [3.63, 3.8) is 0 Å². The van der Waals surface area contributed by atoms with Crippen molar-refractivity contribution in [3.05, 3.63) is 48.0 Å². The van der Waals surface area contributed by atoms with Crippen molar-refractivity contribution < 1.29 is 14.0 Å². The molecule has 0 aliphatic carbocycles. The van der Waals surface area contributed by atoms with Gasteiger partial charge >= 0.3 is 0 Å². The number of anilines is 1. The van der Waals surface area contributed by atoms with Gasteiger partial charge in [0.25, 0.3) is 11.8 Å². The Hall–Kier alpha value is -2.83. The summed E-state index contributed by atoms with van der Waals surface area (Å²) in [6.07, 6.45) is 7.59. The molecule has 0 radical (unpaired) electrons. The first kappa shape index (κ1) is 19.5. The second-order valence-electron chi connectivity index (χ2n) is 7.72. The molecule has 0 bridgehead atoms. The highest BCUT2D eigenvalue weighted by Crippen LogP contribution is 2.23. The van der Waals surface area contributed by atoms with Crippen molar-refractivity contribution in [2.45, 2.75) is 38.6 Å². The number of aromatic nitrogens is 1. The van der Waals surface area contributed by atoms with Crippen molar-refractivity contribution in [1.82, 2.24) is 14.8 Å². The quantitative estimate of drug-likeness (QED) is 0.794. The van der Waals surface area contributed by atoms with Gasteiger partial charge in [-0.15, -0.1) is 0 Å². The number of nitrogens with zero attached hydrogens (tertiary/aromatic N) is 4. The minimum atomic E-state index is -0.0813. The SMILES string of the molecule is CCC1CCCCN1C(=O)c1ccnc(N2CCN(C(=O)c3ccco3)CC2)c1. The summed E-state index contributed by atoms with van der Waals surface area (Å²) in [5.41, 5.74) is 0.699. The molecule has 2 aromatic heterocycles. The Morgan fingerprint density at radius 3 is 2.66 bits per heavy atom. The summed E-state index contributed by atoms with van der Waals surface area (Å²) in [5, 5.41) is 0. The Bertz CT molecular complexity index is 844. The number of carbonyl (C=O) groups excluding carboxylic acids is 2. The topological polar surface area (TPSA) is 69.9 Å². The fraction of sp³-hybridized carbons (Fsp3) is 0.500. The highest BCUT2D eigenvalue weighted by molar-refractivity contribution is 5.95. The Kier molecular flexibility index (Phi) is 5.83. The fourth-order valence-electron chi connectivity index (χ4n) is 4.28. The summed E-state index contributed by atoms with van der Waals surface area (Å²) >= 11 is 0. The third kappa shape index (κ3) is 4.13. The zero-order valence-corrected chi connectivity index (χ0v) is 16.9. The molecule has 1 unspecified atom stereocenters. The molecule has 0 spiro atoms. The molecular formula is C22H28N4O3. The molecule has 7 heteroatoms. The second kappa shape index (κ2) is 8.68. The largest absolute Gasteiger partial charge is 0.459 e. The maximum absolute atomic E-state index is 13.1. The van der Waals surface area contributed by atoms with Crippen LogP contribution in [-0.2, 0) is 0 Å². The van der Waals surface area contributed by atoms with E-state index in [-0.39, 0.29) is 11.8 Å². The van der Waals surface area contributed by atoms with E-state index >= 15 is 0 Å². The molecule has 2 amide bonds. The van der Waals surface area contributed by atoms with Gasteiger partial charge in [-0.25, -0.2) is 4.98 Å². The summed E-state index contributed by atoms with van der Waals surface area (Å²) in [5.74, 6) is 1.19. The number of hydrogen-bond donors (Lipinski definition) is 0. The van der Waals surface area contributed by atoms with Crippen LogP contribution in [0.1, 0.15) is 53.5 Å². The Morgan fingerprint density at radius 2 is 1.93 bits per heavy atom. The Labute approximate surface area is 171 Å². The van der Waals surface area contributed by atoms with E-state index in [0.29, 0.717) is 43.5 Å². The molecule has 7 nitrogen and oxygen atoms in total. The van der Waals surface area contributed by atoms with Gasteiger partial charge in [0.2, 0.25) is 0 Å². The van der Waals surface area contributed by atoms with Gasteiger partial charge in [0.15, 0.2) is 5.76 Å². The van der Waals surface area contributed by atoms with E-state index in [0.717, 1.165) is 31.6 Å². The number of piperidine rings is 1. The van der Waals surface area contributed by atoms with Gasteiger partial charge in [-0.05, 0) is 49.9 Å². The number of pyridine rings is 1. The van der Waals surface area contributed by atoms with Crippen molar-refractivity contribution in [2.75, 3.05) is 37.6 Å². The van der Waals surface area contributed by atoms with Gasteiger partial charge in [0, 0.05) is 50.5 Å². The van der Waals surface area contributed by atoms with Crippen LogP contribution in [0.15, 0.2) is 41.1 Å². The number of hydrogen-bond acceptors (Lipinski definition) is 5. The van der Waals surface area contributed by atoms with E-state index in [9.17, 15) is 9.59 Å². The van der Waals surface area contributed by atoms with Gasteiger partial charge in [0.1, 0.15) is 5.82 Å². The molecule has 2 aromatic rings. The van der Waals surface area contributed by atoms with Crippen LogP contribution in [0.25, 0.3) is 0 Å². The van der Waals surface area contributed by atoms with Crippen LogP contribution >= 0.6 is 0 Å². The predicted octanol–water partition coefficient (Wildman–Crippen LogP) is 3.04. The van der Waals surface area contributed by atoms with Gasteiger partial charge in [0.05, 0.1) is 6.26 Å². The number of piperazine rings is 1. The maximum atomic E-state index is 13.1. The molecule has 1 atom stereocenters. The van der Waals surface area contributed by atoms with Crippen LogP contribution < -0.4 is 4.90 Å². The first-order valence-corrected chi connectivity index (χ1v) is 10.5. The third-order valence-corrected chi connectivity index (χ3v) is 5.97. The lowest BCUT2D eigenvalue weighted by molar-refractivity contribution is 0.0607. The molecule has 0 saturated carbocycles. The fourth-order valence-corrected chi connectivity index (χ4v) is 4.28. The molecule has 2 fully saturated rings. The van der Waals surface area contributed by atoms with E-state index in [1.165, 1.54) is 12.7 Å². The minimum absolute atomic E-state index is 0.0813. The lowest BCUT2D eigenvalue weighted by Gasteiger charge is -2.36. The number of rotatable bonds is 4. The van der Waals surface area contributed by atoms with Gasteiger partial charge in [-0.1, -0.05) is 6.92 Å². The first-order valence-electron chi connectivity index (χ1n) is 10.5. The summed E-state index contributed by atoms with van der Waals surface area (Å²) in [4.78, 5) is 36.0. The molecule has 4 heterocycles. The molecule has 2 saturated heterocycles. The van der Waals surface area contributed by atoms with Crippen molar-refractivity contribution in [1.29, 1.82) is 0 Å². The zero-order chi connectivity index (χ0) is 20.2. The van der Waals surface area contributed by atoms with Crippen LogP contribution in [0.2, 0.25) is 0 Å². The van der Waals surface area contributed by atoms with Crippen LogP contribution in [-0.4, -0.2) is 65.4 Å². The maximum Gasteiger partial charge on any atom is 0.289 e. The number of carbonyl (C=O) groups is 2. The van der Waals surface area contributed by atoms with E-state index in [4.69, 9.17) is 4.42 Å². The van der Waals surface area contributed by atoms with E-state index in [1.54, 1.807) is 23.2 Å². The summed E-state index contributed by atoms with van der Waals surface area (Å²) in [7, 11) is 0. The van der Waals surface area contributed by atoms with E-state index in [2.05, 4.69) is 16.8 Å². The predicted molar refractivity (Wildman–Crippen MR) is 110 cm³/mol. The molecule has 2 aliphatic heterocycles. The summed E-state index contributed by atoms with van der Waals surface area (Å²) < 4.78 is 5.22. The first-order chi connectivity index (χ1) is 14.2. The normalized spacial score (nSPS) is 20.0. The van der Waals surface area contributed by atoms with E-state index < -0.39 is 0 Å². The average Bonchev–Trinajstić information content (AvgIpc) is 3.33. The van der Waals surface area contributed by atoms with E-state index in [1.807, 2.05) is 17.0 Å². The highest BCUT2D eigenvalue weighted by Gasteiger charge is 2.28. The molecule has 29 heavy (non-hydrogen) atoms. The Balaban J connectivity index is 1.41. The Morgan fingerprint density at radius 1 is 1.10 bits per heavy atom. The summed E-state index contributed by atoms with van der Waals surface area (Å²) in [6.45, 7) is 5.55. The average molecular weight is 396 g/mol. The molecule has 0 N–H and O–H groups in total. The molecular weight excluding hydrogens is 368 g/mol. The van der Waals surface area contributed by atoms with Gasteiger partial charge in [-0.3, -0.25) is 9.59 Å². The minimum Gasteiger partial charge on any atom is -0.459 e. The molecule has 0 aromatic carbocycles. The second-order valence-corrected chi connectivity index (χ2v) is 7.72. The summed E-state index contributed by atoms with van der Waals surface area (Å²) in [6, 6.07) is 7.46. The number of amides is 2. The number of likely N-dealkylation sites (tertiary alicyclic amines) is 1. The molecule has 2 aliphatic rings. The van der Waals surface area contributed by atoms with Gasteiger partial charge < -0.3 is 19.1 Å². The van der Waals surface area contributed by atoms with Crippen LogP contribution in [0.5, 0.6) is 0 Å². The van der Waals surface area contributed by atoms with Crippen molar-refractivity contribution in [2.24, 2.45) is 0 Å². The van der Waals surface area contributed by atoms with Crippen molar-refractivity contribution >= 4 is 17.6 Å². The zero-order valence-electron chi connectivity index (χ0n) is 16.9. The molecule has 154 valence electrons. The smallest absolute Gasteiger partial charge is 0.289 e.